The smallest absolute Gasteiger partial charge is 0.148 e. The number of fused-ring (bicyclic) bond motifs is 1. The van der Waals surface area contributed by atoms with E-state index in [2.05, 4.69) is 21.4 Å². The molecule has 2 heterocycles. The zero-order valence-corrected chi connectivity index (χ0v) is 10.6. The Morgan fingerprint density at radius 2 is 2.16 bits per heavy atom. The van der Waals surface area contributed by atoms with Crippen molar-refractivity contribution >= 4 is 11.5 Å². The third-order valence-corrected chi connectivity index (χ3v) is 3.35. The highest BCUT2D eigenvalue weighted by Crippen LogP contribution is 2.25. The summed E-state index contributed by atoms with van der Waals surface area (Å²) in [6.45, 7) is 0. The van der Waals surface area contributed by atoms with Gasteiger partial charge in [-0.15, -0.1) is 0 Å². The lowest BCUT2D eigenvalue weighted by molar-refractivity contribution is 0.668. The second-order valence-corrected chi connectivity index (χ2v) is 4.68. The van der Waals surface area contributed by atoms with Crippen molar-refractivity contribution < 1.29 is 0 Å². The van der Waals surface area contributed by atoms with Gasteiger partial charge < -0.3 is 5.32 Å². The zero-order valence-electron chi connectivity index (χ0n) is 10.6. The Kier molecular flexibility index (Phi) is 3.11. The maximum atomic E-state index is 9.25. The molecule has 2 aromatic rings. The number of hydrogen-bond acceptors (Lipinski definition) is 4. The summed E-state index contributed by atoms with van der Waals surface area (Å²) in [7, 11) is 0. The summed E-state index contributed by atoms with van der Waals surface area (Å²) in [6.07, 6.45) is 7.85. The monoisotopic (exact) mass is 250 g/mol. The predicted molar refractivity (Wildman–Crippen MR) is 73.1 cm³/mol. The van der Waals surface area contributed by atoms with Crippen molar-refractivity contribution in [3.63, 3.8) is 0 Å². The SMILES string of the molecule is N#Cc1cc2c(nc1Nc1cccnc1)CCCC2. The molecule has 0 aliphatic heterocycles. The molecule has 1 aliphatic rings. The van der Waals surface area contributed by atoms with Crippen LogP contribution in [0.2, 0.25) is 0 Å². The van der Waals surface area contributed by atoms with Gasteiger partial charge in [-0.05, 0) is 49.4 Å². The van der Waals surface area contributed by atoms with Gasteiger partial charge in [0, 0.05) is 11.9 Å². The largest absolute Gasteiger partial charge is 0.338 e. The lowest BCUT2D eigenvalue weighted by atomic mass is 9.95. The molecule has 0 saturated carbocycles. The number of hydrogen-bond donors (Lipinski definition) is 1. The van der Waals surface area contributed by atoms with Gasteiger partial charge >= 0.3 is 0 Å². The maximum absolute atomic E-state index is 9.25. The molecular formula is C15H14N4. The van der Waals surface area contributed by atoms with E-state index in [4.69, 9.17) is 0 Å². The average molecular weight is 250 g/mol. The van der Waals surface area contributed by atoms with E-state index in [1.807, 2.05) is 18.2 Å². The van der Waals surface area contributed by atoms with E-state index in [0.717, 1.165) is 24.2 Å². The highest BCUT2D eigenvalue weighted by Gasteiger charge is 2.15. The molecule has 0 atom stereocenters. The van der Waals surface area contributed by atoms with E-state index in [0.29, 0.717) is 11.4 Å². The van der Waals surface area contributed by atoms with Crippen molar-refractivity contribution in [3.05, 3.63) is 47.4 Å². The second-order valence-electron chi connectivity index (χ2n) is 4.68. The van der Waals surface area contributed by atoms with E-state index in [-0.39, 0.29) is 0 Å². The molecule has 0 aromatic carbocycles. The molecule has 0 fully saturated rings. The molecular weight excluding hydrogens is 236 g/mol. The van der Waals surface area contributed by atoms with Crippen LogP contribution in [0, 0.1) is 11.3 Å². The van der Waals surface area contributed by atoms with Gasteiger partial charge in [-0.2, -0.15) is 5.26 Å². The van der Waals surface area contributed by atoms with Gasteiger partial charge in [0.15, 0.2) is 0 Å². The number of nitrogens with zero attached hydrogens (tertiary/aromatic N) is 3. The van der Waals surface area contributed by atoms with Crippen molar-refractivity contribution in [1.29, 1.82) is 5.26 Å². The molecule has 3 rings (SSSR count). The Balaban J connectivity index is 1.98. The molecule has 94 valence electrons. The van der Waals surface area contributed by atoms with E-state index < -0.39 is 0 Å². The number of aryl methyl sites for hydroxylation is 2. The molecule has 2 aromatic heterocycles. The molecule has 19 heavy (non-hydrogen) atoms. The lowest BCUT2D eigenvalue weighted by Crippen LogP contribution is -2.09. The quantitative estimate of drug-likeness (QED) is 0.890. The molecule has 0 unspecified atom stereocenters. The Morgan fingerprint density at radius 3 is 2.95 bits per heavy atom. The van der Waals surface area contributed by atoms with Gasteiger partial charge in [-0.1, -0.05) is 0 Å². The van der Waals surface area contributed by atoms with Crippen molar-refractivity contribution in [1.82, 2.24) is 9.97 Å². The van der Waals surface area contributed by atoms with Crippen LogP contribution in [0.1, 0.15) is 29.7 Å². The van der Waals surface area contributed by atoms with Crippen LogP contribution in [-0.4, -0.2) is 9.97 Å². The summed E-state index contributed by atoms with van der Waals surface area (Å²) in [5.41, 5.74) is 3.79. The minimum atomic E-state index is 0.601. The third kappa shape index (κ3) is 2.41. The number of pyridine rings is 2. The van der Waals surface area contributed by atoms with Crippen LogP contribution < -0.4 is 5.32 Å². The molecule has 1 N–H and O–H groups in total. The van der Waals surface area contributed by atoms with Gasteiger partial charge in [0.25, 0.3) is 0 Å². The number of nitrogens with one attached hydrogen (secondary N) is 1. The first kappa shape index (κ1) is 11.7. The summed E-state index contributed by atoms with van der Waals surface area (Å²) in [6, 6.07) is 7.96. The first-order valence-electron chi connectivity index (χ1n) is 6.47. The Labute approximate surface area is 112 Å². The van der Waals surface area contributed by atoms with Crippen molar-refractivity contribution in [3.8, 4) is 6.07 Å². The van der Waals surface area contributed by atoms with Gasteiger partial charge in [-0.25, -0.2) is 4.98 Å². The number of anilines is 2. The topological polar surface area (TPSA) is 61.6 Å². The van der Waals surface area contributed by atoms with Crippen LogP contribution in [-0.2, 0) is 12.8 Å². The lowest BCUT2D eigenvalue weighted by Gasteiger charge is -2.17. The van der Waals surface area contributed by atoms with Crippen LogP contribution in [0.25, 0.3) is 0 Å². The first-order valence-corrected chi connectivity index (χ1v) is 6.47. The van der Waals surface area contributed by atoms with E-state index in [9.17, 15) is 5.26 Å². The zero-order chi connectivity index (χ0) is 13.1. The van der Waals surface area contributed by atoms with Gasteiger partial charge in [0.2, 0.25) is 0 Å². The summed E-state index contributed by atoms with van der Waals surface area (Å²) in [4.78, 5) is 8.67. The van der Waals surface area contributed by atoms with Crippen LogP contribution in [0.3, 0.4) is 0 Å². The van der Waals surface area contributed by atoms with Crippen LogP contribution in [0.15, 0.2) is 30.6 Å². The fourth-order valence-corrected chi connectivity index (χ4v) is 2.39. The molecule has 0 spiro atoms. The fraction of sp³-hybridized carbons (Fsp3) is 0.267. The van der Waals surface area contributed by atoms with Crippen LogP contribution in [0.4, 0.5) is 11.5 Å². The van der Waals surface area contributed by atoms with Crippen molar-refractivity contribution in [2.45, 2.75) is 25.7 Å². The molecule has 0 bridgehead atoms. The number of nitriles is 1. The molecule has 4 nitrogen and oxygen atoms in total. The summed E-state index contributed by atoms with van der Waals surface area (Å²) >= 11 is 0. The van der Waals surface area contributed by atoms with Crippen LogP contribution >= 0.6 is 0 Å². The molecule has 0 amide bonds. The van der Waals surface area contributed by atoms with E-state index >= 15 is 0 Å². The van der Waals surface area contributed by atoms with E-state index in [1.54, 1.807) is 12.4 Å². The highest BCUT2D eigenvalue weighted by molar-refractivity contribution is 5.63. The summed E-state index contributed by atoms with van der Waals surface area (Å²) < 4.78 is 0. The molecule has 4 heteroatoms. The molecule has 0 saturated heterocycles. The van der Waals surface area contributed by atoms with Gasteiger partial charge in [0.1, 0.15) is 11.9 Å². The van der Waals surface area contributed by atoms with Crippen LogP contribution in [0.5, 0.6) is 0 Å². The Bertz CT molecular complexity index is 629. The standard InChI is InChI=1S/C15H14N4/c16-9-12-8-11-4-1-2-6-14(11)19-15(12)18-13-5-3-7-17-10-13/h3,5,7-8,10H,1-2,4,6H2,(H,18,19). The Morgan fingerprint density at radius 1 is 1.26 bits per heavy atom. The number of rotatable bonds is 2. The summed E-state index contributed by atoms with van der Waals surface area (Å²) in [5, 5.41) is 12.4. The Hall–Kier alpha value is -2.41. The minimum absolute atomic E-state index is 0.601. The van der Waals surface area contributed by atoms with Crippen molar-refractivity contribution in [2.24, 2.45) is 0 Å². The highest BCUT2D eigenvalue weighted by atomic mass is 15.0. The number of aromatic nitrogens is 2. The van der Waals surface area contributed by atoms with E-state index in [1.165, 1.54) is 18.4 Å². The average Bonchev–Trinajstić information content (AvgIpc) is 2.47. The van der Waals surface area contributed by atoms with Gasteiger partial charge in [-0.3, -0.25) is 4.98 Å². The molecule has 1 aliphatic carbocycles. The normalized spacial score (nSPS) is 13.4. The molecule has 0 radical (unpaired) electrons. The third-order valence-electron chi connectivity index (χ3n) is 3.35. The predicted octanol–water partition coefficient (Wildman–Crippen LogP) is 2.97. The maximum Gasteiger partial charge on any atom is 0.148 e. The summed E-state index contributed by atoms with van der Waals surface area (Å²) in [5.74, 6) is 0.635. The van der Waals surface area contributed by atoms with Gasteiger partial charge in [0.05, 0.1) is 17.4 Å². The van der Waals surface area contributed by atoms with Crippen molar-refractivity contribution in [2.75, 3.05) is 5.32 Å². The fourth-order valence-electron chi connectivity index (χ4n) is 2.39. The first-order chi connectivity index (χ1) is 9.36. The second kappa shape index (κ2) is 5.07. The minimum Gasteiger partial charge on any atom is -0.338 e.